The first-order chi connectivity index (χ1) is 10.6. The van der Waals surface area contributed by atoms with Gasteiger partial charge in [0, 0.05) is 20.0 Å². The molecular weight excluding hydrogens is 311 g/mol. The Bertz CT molecular complexity index is 475. The molecule has 2 aliphatic carbocycles. The van der Waals surface area contributed by atoms with Gasteiger partial charge in [0.05, 0.1) is 12.1 Å². The number of ether oxygens (including phenoxy) is 1. The van der Waals surface area contributed by atoms with Gasteiger partial charge >= 0.3 is 5.97 Å². The van der Waals surface area contributed by atoms with Gasteiger partial charge in [-0.3, -0.25) is 4.79 Å². The quantitative estimate of drug-likeness (QED) is 0.569. The Morgan fingerprint density at radius 2 is 1.61 bits per heavy atom. The van der Waals surface area contributed by atoms with Gasteiger partial charge in [0.2, 0.25) is 0 Å². The van der Waals surface area contributed by atoms with Gasteiger partial charge in [-0.15, -0.1) is 0 Å². The van der Waals surface area contributed by atoms with E-state index in [2.05, 4.69) is 9.34 Å². The normalized spacial score (nSPS) is 40.7. The number of rotatable bonds is 2. The summed E-state index contributed by atoms with van der Waals surface area (Å²) in [5, 5.41) is 0. The molecule has 1 saturated heterocycles. The van der Waals surface area contributed by atoms with Gasteiger partial charge in [-0.25, -0.2) is 0 Å². The highest BCUT2D eigenvalue weighted by Crippen LogP contribution is 2.77. The number of nitrogens with zero attached hydrogens (tertiary/aromatic N) is 2. The molecule has 6 heteroatoms. The highest BCUT2D eigenvalue weighted by atomic mass is 31.2. The highest BCUT2D eigenvalue weighted by Gasteiger charge is 2.72. The summed E-state index contributed by atoms with van der Waals surface area (Å²) in [5.41, 5.74) is -0.558. The largest absolute Gasteiger partial charge is 0.650 e. The van der Waals surface area contributed by atoms with E-state index in [4.69, 9.17) is 4.74 Å². The summed E-state index contributed by atoms with van der Waals surface area (Å²) in [4.78, 5) is 26.4. The second-order valence-electron chi connectivity index (χ2n) is 8.56. The fraction of sp³-hybridized carbons (Fsp3) is 0.941. The van der Waals surface area contributed by atoms with E-state index in [0.717, 1.165) is 12.8 Å². The van der Waals surface area contributed by atoms with Crippen molar-refractivity contribution in [2.45, 2.75) is 76.7 Å². The number of hydrogen-bond acceptors (Lipinski definition) is 5. The van der Waals surface area contributed by atoms with Gasteiger partial charge in [-0.05, 0) is 33.6 Å². The molecule has 0 aromatic heterocycles. The van der Waals surface area contributed by atoms with Crippen LogP contribution in [0.1, 0.15) is 53.4 Å². The summed E-state index contributed by atoms with van der Waals surface area (Å²) >= 11 is 0. The average Bonchev–Trinajstić information content (AvgIpc) is 3.10. The van der Waals surface area contributed by atoms with E-state index >= 15 is 0 Å². The van der Waals surface area contributed by atoms with Crippen molar-refractivity contribution < 1.29 is 14.4 Å². The molecule has 5 nitrogen and oxygen atoms in total. The summed E-state index contributed by atoms with van der Waals surface area (Å²) in [6.45, 7) is 7.70. The lowest BCUT2D eigenvalue weighted by Crippen LogP contribution is -2.37. The van der Waals surface area contributed by atoms with Gasteiger partial charge in [0.25, 0.3) is 0 Å². The van der Waals surface area contributed by atoms with Crippen molar-refractivity contribution in [3.05, 3.63) is 0 Å². The maximum Gasteiger partial charge on any atom is 0.314 e. The molecule has 3 fully saturated rings. The number of carbonyl (C=O) groups is 1. The SMILES string of the molecule is C[C@H]1[C@H](C(=O)OC(C)(C)C)[C@H]1[P+]1([O-])N(C)[C@@H]2CCCC[C@H]2N1C. The number of likely N-dealkylation sites (N-methyl/N-ethyl adjacent to an activating group) is 2. The molecule has 2 saturated carbocycles. The van der Waals surface area contributed by atoms with Crippen LogP contribution >= 0.6 is 7.79 Å². The molecule has 132 valence electrons. The molecule has 0 aromatic carbocycles. The highest BCUT2D eigenvalue weighted by molar-refractivity contribution is 7.65. The van der Waals surface area contributed by atoms with E-state index in [-0.39, 0.29) is 23.5 Å². The predicted molar refractivity (Wildman–Crippen MR) is 90.8 cm³/mol. The van der Waals surface area contributed by atoms with E-state index in [1.165, 1.54) is 12.8 Å². The molecule has 23 heavy (non-hydrogen) atoms. The molecule has 3 aliphatic rings. The lowest BCUT2D eigenvalue weighted by atomic mass is 9.91. The Balaban J connectivity index is 1.79. The smallest absolute Gasteiger partial charge is 0.314 e. The molecule has 0 bridgehead atoms. The van der Waals surface area contributed by atoms with Gasteiger partial charge < -0.3 is 9.63 Å². The molecular formula is C17H31N2O3P. The molecule has 3 rings (SSSR count). The van der Waals surface area contributed by atoms with Crippen LogP contribution in [0.15, 0.2) is 0 Å². The predicted octanol–water partition coefficient (Wildman–Crippen LogP) is 2.27. The molecule has 0 radical (unpaired) electrons. The molecule has 1 heterocycles. The second-order valence-corrected chi connectivity index (χ2v) is 11.6. The second kappa shape index (κ2) is 5.66. The van der Waals surface area contributed by atoms with Crippen LogP contribution in [-0.2, 0) is 9.53 Å². The third-order valence-corrected chi connectivity index (χ3v) is 9.93. The Hall–Kier alpha value is -0.220. The third-order valence-electron chi connectivity index (χ3n) is 5.96. The Morgan fingerprint density at radius 3 is 2.04 bits per heavy atom. The van der Waals surface area contributed by atoms with Crippen LogP contribution in [0.25, 0.3) is 0 Å². The van der Waals surface area contributed by atoms with Gasteiger partial charge in [-0.1, -0.05) is 19.8 Å². The first-order valence-corrected chi connectivity index (χ1v) is 10.6. The van der Waals surface area contributed by atoms with E-state index < -0.39 is 13.4 Å². The van der Waals surface area contributed by atoms with Crippen molar-refractivity contribution in [3.63, 3.8) is 0 Å². The van der Waals surface area contributed by atoms with Crippen LogP contribution in [-0.4, -0.2) is 52.7 Å². The van der Waals surface area contributed by atoms with E-state index in [1.54, 1.807) is 0 Å². The monoisotopic (exact) mass is 342 g/mol. The Labute approximate surface area is 140 Å². The molecule has 0 N–H and O–H groups in total. The first kappa shape index (κ1) is 17.6. The Morgan fingerprint density at radius 1 is 1.13 bits per heavy atom. The van der Waals surface area contributed by atoms with Crippen LogP contribution in [0, 0.1) is 11.8 Å². The minimum atomic E-state index is -2.68. The number of esters is 1. The van der Waals surface area contributed by atoms with Crippen LogP contribution in [0.5, 0.6) is 0 Å². The van der Waals surface area contributed by atoms with E-state index in [0.29, 0.717) is 12.1 Å². The van der Waals surface area contributed by atoms with Crippen LogP contribution < -0.4 is 4.89 Å². The van der Waals surface area contributed by atoms with Crippen LogP contribution in [0.3, 0.4) is 0 Å². The van der Waals surface area contributed by atoms with Gasteiger partial charge in [-0.2, -0.15) is 9.34 Å². The van der Waals surface area contributed by atoms with Crippen molar-refractivity contribution in [2.75, 3.05) is 14.1 Å². The maximum atomic E-state index is 13.9. The van der Waals surface area contributed by atoms with Gasteiger partial charge in [0.15, 0.2) is 0 Å². The zero-order valence-corrected chi connectivity index (χ0v) is 16.2. The molecule has 0 amide bonds. The van der Waals surface area contributed by atoms with Crippen molar-refractivity contribution in [1.82, 2.24) is 9.34 Å². The summed E-state index contributed by atoms with van der Waals surface area (Å²) in [6, 6.07) is 0.762. The summed E-state index contributed by atoms with van der Waals surface area (Å²) in [5.74, 6) is -0.257. The van der Waals surface area contributed by atoms with Crippen molar-refractivity contribution in [2.24, 2.45) is 11.8 Å². The molecule has 5 atom stereocenters. The lowest BCUT2D eigenvalue weighted by Gasteiger charge is -2.38. The zero-order valence-electron chi connectivity index (χ0n) is 15.3. The summed E-state index contributed by atoms with van der Waals surface area (Å²) in [6.07, 6.45) is 4.67. The standard InChI is InChI=1S/C17H31N2O3P/c1-11-14(16(20)22-17(2,3)4)15(11)23(21)18(5)12-9-7-8-10-13(12)19(23)6/h11-15H,7-10H2,1-6H3/t11-,12+,13+,14-,15-/m0/s1. The molecule has 0 unspecified atom stereocenters. The minimum Gasteiger partial charge on any atom is -0.650 e. The average molecular weight is 342 g/mol. The molecule has 0 aromatic rings. The minimum absolute atomic E-state index is 0.0713. The zero-order chi connectivity index (χ0) is 17.2. The van der Waals surface area contributed by atoms with Crippen molar-refractivity contribution >= 4 is 13.8 Å². The lowest BCUT2D eigenvalue weighted by molar-refractivity contribution is -0.191. The molecule has 0 spiro atoms. The fourth-order valence-electron chi connectivity index (χ4n) is 4.71. The summed E-state index contributed by atoms with van der Waals surface area (Å²) in [7, 11) is 1.32. The van der Waals surface area contributed by atoms with Gasteiger partial charge in [0.1, 0.15) is 25.0 Å². The third kappa shape index (κ3) is 2.74. The molecule has 1 aliphatic heterocycles. The van der Waals surface area contributed by atoms with Crippen molar-refractivity contribution in [1.29, 1.82) is 0 Å². The topological polar surface area (TPSA) is 55.8 Å². The maximum absolute atomic E-state index is 13.9. The number of hydrogen-bond donors (Lipinski definition) is 0. The number of fused-ring (bicyclic) bond motifs is 1. The fourth-order valence-corrected chi connectivity index (χ4v) is 8.90. The number of carbonyl (C=O) groups excluding carboxylic acids is 1. The van der Waals surface area contributed by atoms with E-state index in [1.807, 2.05) is 41.8 Å². The van der Waals surface area contributed by atoms with Crippen LogP contribution in [0.2, 0.25) is 0 Å². The Kier molecular flexibility index (Phi) is 4.33. The van der Waals surface area contributed by atoms with E-state index in [9.17, 15) is 9.69 Å². The van der Waals surface area contributed by atoms with Crippen molar-refractivity contribution in [3.8, 4) is 0 Å². The van der Waals surface area contributed by atoms with Crippen LogP contribution in [0.4, 0.5) is 0 Å². The first-order valence-electron chi connectivity index (χ1n) is 8.88. The summed E-state index contributed by atoms with van der Waals surface area (Å²) < 4.78 is 9.81.